The molecule has 0 aliphatic carbocycles. The van der Waals surface area contributed by atoms with Gasteiger partial charge in [-0.1, -0.05) is 47.5 Å². The van der Waals surface area contributed by atoms with E-state index in [4.69, 9.17) is 259 Å². The van der Waals surface area contributed by atoms with Crippen LogP contribution in [0.4, 0.5) is 10.1 Å². The van der Waals surface area contributed by atoms with Gasteiger partial charge in [0.05, 0.1) is 10.6 Å². The van der Waals surface area contributed by atoms with Gasteiger partial charge in [-0.2, -0.15) is 0 Å². The van der Waals surface area contributed by atoms with Crippen molar-refractivity contribution in [1.29, 1.82) is 0 Å². The maximum Gasteiger partial charge on any atom is 0.264 e. The van der Waals surface area contributed by atoms with Crippen LogP contribution in [0.3, 0.4) is 0 Å². The first-order valence-electron chi connectivity index (χ1n) is 30.3. The lowest BCUT2D eigenvalue weighted by atomic mass is 8.22. The van der Waals surface area contributed by atoms with Crippen LogP contribution in [-0.2, 0) is 22.9 Å². The molecule has 4 rings (SSSR count). The van der Waals surface area contributed by atoms with Gasteiger partial charge in [-0.25, -0.2) is 12.8 Å². The Morgan fingerprint density at radius 1 is 0.391 bits per heavy atom. The third-order valence-electron chi connectivity index (χ3n) is 18.5. The molecule has 0 fully saturated rings. The number of nitrogens with zero attached hydrogens (tertiary/aromatic N) is 1. The Balaban J connectivity index is 0.000000603. The Morgan fingerprint density at radius 2 is 0.652 bits per heavy atom. The van der Waals surface area contributed by atoms with Crippen molar-refractivity contribution >= 4 is 466 Å². The zero-order valence-electron chi connectivity index (χ0n) is 52.5. The first kappa shape index (κ1) is 87.9. The number of sulfonamides is 1. The van der Waals surface area contributed by atoms with E-state index in [-0.39, 0.29) is 10.9 Å². The maximum absolute atomic E-state index is 14.1. The molecule has 1 aliphatic heterocycles. The second-order valence-electron chi connectivity index (χ2n) is 25.1. The number of hydrogen-bond donors (Lipinski definition) is 0. The van der Waals surface area contributed by atoms with Gasteiger partial charge in [0.1, 0.15) is 5.82 Å². The fourth-order valence-corrected chi connectivity index (χ4v) is 16.6. The average Bonchev–Trinajstić information content (AvgIpc) is 0.731. The van der Waals surface area contributed by atoms with Crippen molar-refractivity contribution in [3.63, 3.8) is 0 Å². The van der Waals surface area contributed by atoms with E-state index in [0.717, 1.165) is 23.1 Å². The van der Waals surface area contributed by atoms with Gasteiger partial charge in [0.25, 0.3) is 10.0 Å². The van der Waals surface area contributed by atoms with Gasteiger partial charge in [0.15, 0.2) is 0 Å². The van der Waals surface area contributed by atoms with Crippen molar-refractivity contribution in [3.05, 3.63) is 94.3 Å². The minimum Gasteiger partial charge on any atom is -0.263 e. The molecular formula is C24H23B62ClFNO2S. The van der Waals surface area contributed by atoms with E-state index >= 15 is 0 Å². The van der Waals surface area contributed by atoms with Crippen molar-refractivity contribution in [2.24, 2.45) is 0 Å². The smallest absolute Gasteiger partial charge is 0.263 e. The molecule has 3 nitrogen and oxygen atoms in total. The van der Waals surface area contributed by atoms with Crippen LogP contribution in [0, 0.1) is 12.7 Å². The van der Waals surface area contributed by atoms with E-state index in [1.54, 1.807) is 30.3 Å². The zero-order chi connectivity index (χ0) is 70.6. The van der Waals surface area contributed by atoms with Crippen LogP contribution < -0.4 is 4.31 Å². The molecule has 1 aliphatic rings. The molecule has 68 heteroatoms. The molecule has 64 radical (unpaired) electrons. The molecule has 342 valence electrons. The number of halogens is 2. The highest BCUT2D eigenvalue weighted by Gasteiger charge is 2.63. The van der Waals surface area contributed by atoms with E-state index in [0.29, 0.717) is 30.0 Å². The SMILES string of the molecule is Cc1ccc(S(=O)(=O)N2c3cc(F)ccc3CCC2CCc2ccc(Cl)cc2)cc1.[B]B([B])B(B([B])[B])B(B(B([B])[B])B([B])[B])B(B(B(B([B])[B])B([B])[B])B(B([B])[B])B([B])[B])B(B(B(B([B])[B])B([B])[B])B(B([B])[B])B([B])[B])B(B(B([B])[B])B([B])[B])B(B([B])[B])B([B])[B]. The summed E-state index contributed by atoms with van der Waals surface area (Å²) in [5, 5.41) is 0.671. The number of anilines is 1. The molecule has 0 N–H and O–H groups in total. The molecular weight excluding hydrogens is 1090 g/mol. The second kappa shape index (κ2) is 39.9. The van der Waals surface area contributed by atoms with Crippen molar-refractivity contribution in [3.8, 4) is 0 Å². The highest BCUT2D eigenvalue weighted by molar-refractivity contribution is 8.38. The average molecular weight is 1110 g/mol. The van der Waals surface area contributed by atoms with Gasteiger partial charge in [0.2, 0.25) is 0 Å². The topological polar surface area (TPSA) is 37.4 Å². The summed E-state index contributed by atoms with van der Waals surface area (Å²) in [5.41, 5.74) is 3.38. The number of rotatable bonds is 34. The van der Waals surface area contributed by atoms with E-state index in [2.05, 4.69) is 0 Å². The predicted octanol–water partition coefficient (Wildman–Crippen LogP) is -17.7. The monoisotopic (exact) mass is 1130 g/mol. The molecule has 3 aromatic carbocycles. The molecule has 1 unspecified atom stereocenters. The second-order valence-corrected chi connectivity index (χ2v) is 27.3. The van der Waals surface area contributed by atoms with E-state index in [9.17, 15) is 12.8 Å². The Hall–Kier alpha value is 1.66. The zero-order valence-corrected chi connectivity index (χ0v) is 54.1. The van der Waals surface area contributed by atoms with Crippen LogP contribution in [0.1, 0.15) is 29.5 Å². The van der Waals surface area contributed by atoms with Gasteiger partial charge in [-0.15, -0.1) is 0 Å². The lowest BCUT2D eigenvalue weighted by Gasteiger charge is -2.59. The normalized spacial score (nSPS) is 11.9. The van der Waals surface area contributed by atoms with Gasteiger partial charge < -0.3 is 0 Å². The lowest BCUT2D eigenvalue weighted by Crippen LogP contribution is -2.97. The fourth-order valence-electron chi connectivity index (χ4n) is 14.8. The largest absolute Gasteiger partial charge is 0.264 e. The minimum absolute atomic E-state index is 0.224. The van der Waals surface area contributed by atoms with Crippen LogP contribution in [0.5, 0.6) is 0 Å². The summed E-state index contributed by atoms with van der Waals surface area (Å²) in [7, 11) is 208. The minimum atomic E-state index is -3.82. The van der Waals surface area contributed by atoms with Crippen LogP contribution in [-0.4, -0.2) is 454 Å². The molecule has 0 spiro atoms. The number of hydrogen-bond acceptors (Lipinski definition) is 2. The van der Waals surface area contributed by atoms with E-state index in [1.165, 1.54) is 16.4 Å². The molecule has 1 heterocycles. The molecule has 0 saturated heterocycles. The first-order valence-corrected chi connectivity index (χ1v) is 32.1. The summed E-state index contributed by atoms with van der Waals surface area (Å²) in [6.45, 7) is 1.91. The maximum atomic E-state index is 14.1. The summed E-state index contributed by atoms with van der Waals surface area (Å²) >= 11 is 5.97. The molecule has 92 heavy (non-hydrogen) atoms. The lowest BCUT2D eigenvalue weighted by molar-refractivity contribution is 0.521. The van der Waals surface area contributed by atoms with Gasteiger partial charge in [-0.3, -0.25) is 4.31 Å². The number of benzene rings is 3. The van der Waals surface area contributed by atoms with Crippen molar-refractivity contribution in [2.45, 2.75) is 43.5 Å². The quantitative estimate of drug-likeness (QED) is 0.0559. The molecule has 0 bridgehead atoms. The third kappa shape index (κ3) is 23.1. The summed E-state index contributed by atoms with van der Waals surface area (Å²) < 4.78 is 42.8. The number of fused-ring (bicyclic) bond motifs is 1. The Labute approximate surface area is 615 Å². The Morgan fingerprint density at radius 3 is 0.913 bits per heavy atom. The van der Waals surface area contributed by atoms with E-state index in [1.807, 2.05) is 31.2 Å². The summed E-state index contributed by atoms with van der Waals surface area (Å²) in [5.74, 6) is -0.434. The third-order valence-corrected chi connectivity index (χ3v) is 20.6. The van der Waals surface area contributed by atoms with Crippen LogP contribution in [0.2, 0.25) is 5.02 Å². The molecule has 0 amide bonds. The Bertz CT molecular complexity index is 2410. The molecule has 0 saturated carbocycles. The van der Waals surface area contributed by atoms with Crippen LogP contribution >= 0.6 is 11.6 Å². The number of aryl methyl sites for hydroxylation is 3. The fraction of sp³-hybridized carbons (Fsp3) is 0.250. The highest BCUT2D eigenvalue weighted by atomic mass is 35.5. The summed E-state index contributed by atoms with van der Waals surface area (Å²) in [4.78, 5) is 0.224. The van der Waals surface area contributed by atoms with Gasteiger partial charge >= 0.3 is 0 Å². The molecule has 0 aromatic heterocycles. The summed E-state index contributed by atoms with van der Waals surface area (Å²) in [6, 6.07) is 18.6. The van der Waals surface area contributed by atoms with Crippen LogP contribution in [0.25, 0.3) is 0 Å². The molecule has 1 atom stereocenters. The van der Waals surface area contributed by atoms with Crippen LogP contribution in [0.15, 0.2) is 71.6 Å². The van der Waals surface area contributed by atoms with Crippen molar-refractivity contribution in [1.82, 2.24) is 0 Å². The highest BCUT2D eigenvalue weighted by Crippen LogP contribution is 2.38. The Kier molecular flexibility index (Phi) is 38.1. The van der Waals surface area contributed by atoms with Crippen molar-refractivity contribution in [2.75, 3.05) is 4.31 Å². The van der Waals surface area contributed by atoms with Crippen molar-refractivity contribution < 1.29 is 12.8 Å². The summed E-state index contributed by atoms with van der Waals surface area (Å²) in [6.07, 6.45) is -41.1. The standard InChI is InChI=1S/C24H23ClFNO2S.B62/c1-17-2-14-23(15-3-17)30(28,29)27-22(12-6-18-4-9-20(25)10-5-18)13-8-19-7-11-21(26)16-24(19)27;1-33(2)49(34(3)4)57(50(35(5)6)36(7)8)61(58(51(37(9)10)38(11)12)52(39(13)14)40(15)16)62(59(53(41(17)18)42(19)20)54(43(21)22)44(23)24)60(55(45(25)26)46(27)28)56(47(29)30)48(31)32/h2-5,7,9-11,14-16,22H,6,8,12-13H2,1H3;. The van der Waals surface area contributed by atoms with Gasteiger partial charge in [-0.05, 0) is 80.1 Å². The first-order chi connectivity index (χ1) is 42.5. The molecule has 3 aromatic rings. The van der Waals surface area contributed by atoms with Gasteiger partial charge in [0, 0.05) is 450 Å². The predicted molar refractivity (Wildman–Crippen MR) is 476 cm³/mol. The van der Waals surface area contributed by atoms with E-state index < -0.39 is 207 Å².